The van der Waals surface area contributed by atoms with Gasteiger partial charge in [0.1, 0.15) is 5.54 Å². The fraction of sp³-hybridized carbons (Fsp3) is 0.452. The van der Waals surface area contributed by atoms with E-state index in [1.807, 2.05) is 48.1 Å². The van der Waals surface area contributed by atoms with Crippen LogP contribution in [0.25, 0.3) is 11.1 Å². The molecule has 4 amide bonds. The number of carbonyl (C=O) groups is 3. The molecule has 3 heterocycles. The molecule has 5 rings (SSSR count). The summed E-state index contributed by atoms with van der Waals surface area (Å²) in [7, 11) is 0. The molecular weight excluding hydrogens is 518 g/mol. The van der Waals surface area contributed by atoms with Crippen molar-refractivity contribution < 1.29 is 14.4 Å². The fourth-order valence-corrected chi connectivity index (χ4v) is 5.74. The first-order valence-corrected chi connectivity index (χ1v) is 14.4. The van der Waals surface area contributed by atoms with E-state index in [9.17, 15) is 14.4 Å². The standard InChI is InChI=1S/C31H39N7O3/c1-6-22-12-10-21(18-33-22)24-17-23(11-9-20(24)2)34-29(41)35-25-19-38(31(5)13-7-8-14-31)36-26(25)27(39)37-16-15-32-28(40)30(37,3)4/h9-12,17-19H,6-8,13-16H2,1-5H3,(H,32,40)(H2,34,35,41). The number of nitrogens with zero attached hydrogens (tertiary/aromatic N) is 4. The number of carbonyl (C=O) groups excluding carboxylic acids is 3. The molecule has 1 saturated heterocycles. The smallest absolute Gasteiger partial charge is 0.323 e. The van der Waals surface area contributed by atoms with Crippen molar-refractivity contribution in [2.75, 3.05) is 23.7 Å². The fourth-order valence-electron chi connectivity index (χ4n) is 5.74. The maximum absolute atomic E-state index is 13.8. The second-order valence-corrected chi connectivity index (χ2v) is 11.8. The number of urea groups is 1. The summed E-state index contributed by atoms with van der Waals surface area (Å²) < 4.78 is 1.82. The Morgan fingerprint density at radius 1 is 1.07 bits per heavy atom. The van der Waals surface area contributed by atoms with Crippen molar-refractivity contribution in [3.05, 3.63) is 59.7 Å². The highest BCUT2D eigenvalue weighted by Gasteiger charge is 2.43. The normalized spacial score (nSPS) is 17.7. The van der Waals surface area contributed by atoms with Crippen LogP contribution in [0.5, 0.6) is 0 Å². The highest BCUT2D eigenvalue weighted by molar-refractivity contribution is 6.07. The molecular formula is C31H39N7O3. The predicted octanol–water partition coefficient (Wildman–Crippen LogP) is 5.10. The van der Waals surface area contributed by atoms with Crippen molar-refractivity contribution in [2.45, 2.75) is 77.8 Å². The van der Waals surface area contributed by atoms with E-state index >= 15 is 0 Å². The van der Waals surface area contributed by atoms with E-state index in [4.69, 9.17) is 5.10 Å². The van der Waals surface area contributed by atoms with Gasteiger partial charge in [0.2, 0.25) is 5.91 Å². The molecule has 2 aromatic heterocycles. The number of aryl methyl sites for hydroxylation is 2. The summed E-state index contributed by atoms with van der Waals surface area (Å²) in [5, 5.41) is 13.3. The van der Waals surface area contributed by atoms with Gasteiger partial charge in [-0.2, -0.15) is 5.10 Å². The molecule has 2 aliphatic rings. The number of anilines is 2. The average Bonchev–Trinajstić information content (AvgIpc) is 3.58. The van der Waals surface area contributed by atoms with E-state index in [0.29, 0.717) is 24.5 Å². The van der Waals surface area contributed by atoms with E-state index < -0.39 is 11.6 Å². The van der Waals surface area contributed by atoms with Crippen molar-refractivity contribution in [3.8, 4) is 11.1 Å². The lowest BCUT2D eigenvalue weighted by atomic mass is 9.98. The van der Waals surface area contributed by atoms with E-state index in [1.54, 1.807) is 20.0 Å². The van der Waals surface area contributed by atoms with Gasteiger partial charge < -0.3 is 20.9 Å². The predicted molar refractivity (Wildman–Crippen MR) is 159 cm³/mol. The molecule has 1 aromatic carbocycles. The summed E-state index contributed by atoms with van der Waals surface area (Å²) in [6, 6.07) is 9.28. The Morgan fingerprint density at radius 2 is 1.83 bits per heavy atom. The Labute approximate surface area is 240 Å². The zero-order valence-corrected chi connectivity index (χ0v) is 24.5. The van der Waals surface area contributed by atoms with Crippen LogP contribution in [0.15, 0.2) is 42.7 Å². The third-order valence-corrected chi connectivity index (χ3v) is 8.49. The summed E-state index contributed by atoms with van der Waals surface area (Å²) in [5.41, 5.74) is 3.79. The molecule has 0 bridgehead atoms. The van der Waals surface area contributed by atoms with Gasteiger partial charge in [-0.1, -0.05) is 31.9 Å². The van der Waals surface area contributed by atoms with Gasteiger partial charge in [0.15, 0.2) is 5.69 Å². The molecule has 1 saturated carbocycles. The van der Waals surface area contributed by atoms with Crippen LogP contribution < -0.4 is 16.0 Å². The lowest BCUT2D eigenvalue weighted by Crippen LogP contribution is -2.63. The molecule has 0 unspecified atom stereocenters. The molecule has 216 valence electrons. The van der Waals surface area contributed by atoms with Crippen LogP contribution in [-0.2, 0) is 16.8 Å². The lowest BCUT2D eigenvalue weighted by Gasteiger charge is -2.40. The first-order chi connectivity index (χ1) is 19.5. The third kappa shape index (κ3) is 5.55. The number of nitrogens with one attached hydrogen (secondary N) is 3. The molecule has 3 N–H and O–H groups in total. The summed E-state index contributed by atoms with van der Waals surface area (Å²) >= 11 is 0. The number of pyridine rings is 1. The van der Waals surface area contributed by atoms with Crippen LogP contribution in [0.4, 0.5) is 16.2 Å². The zero-order valence-electron chi connectivity index (χ0n) is 24.5. The van der Waals surface area contributed by atoms with Crippen molar-refractivity contribution in [3.63, 3.8) is 0 Å². The van der Waals surface area contributed by atoms with Gasteiger partial charge in [-0.3, -0.25) is 19.3 Å². The molecule has 10 nitrogen and oxygen atoms in total. The molecule has 3 aromatic rings. The molecule has 41 heavy (non-hydrogen) atoms. The number of benzene rings is 1. The first-order valence-electron chi connectivity index (χ1n) is 14.4. The number of amides is 4. The minimum Gasteiger partial charge on any atom is -0.352 e. The van der Waals surface area contributed by atoms with Crippen molar-refractivity contribution in [1.29, 1.82) is 0 Å². The van der Waals surface area contributed by atoms with Crippen molar-refractivity contribution in [1.82, 2.24) is 25.0 Å². The molecule has 2 fully saturated rings. The topological polar surface area (TPSA) is 121 Å². The van der Waals surface area contributed by atoms with Gasteiger partial charge in [-0.25, -0.2) is 4.79 Å². The maximum Gasteiger partial charge on any atom is 0.323 e. The number of aromatic nitrogens is 3. The van der Waals surface area contributed by atoms with Crippen LogP contribution in [0.3, 0.4) is 0 Å². The highest BCUT2D eigenvalue weighted by Crippen LogP contribution is 2.37. The second-order valence-electron chi connectivity index (χ2n) is 11.8. The molecule has 10 heteroatoms. The number of rotatable bonds is 6. The van der Waals surface area contributed by atoms with Gasteiger partial charge in [-0.05, 0) is 76.3 Å². The second kappa shape index (κ2) is 11.0. The van der Waals surface area contributed by atoms with E-state index in [0.717, 1.165) is 54.5 Å². The van der Waals surface area contributed by atoms with Gasteiger partial charge >= 0.3 is 6.03 Å². The molecule has 1 aliphatic heterocycles. The van der Waals surface area contributed by atoms with Gasteiger partial charge in [0, 0.05) is 36.2 Å². The minimum absolute atomic E-state index is 0.128. The van der Waals surface area contributed by atoms with Crippen molar-refractivity contribution in [2.24, 2.45) is 0 Å². The number of piperazine rings is 1. The van der Waals surface area contributed by atoms with E-state index in [1.165, 1.54) is 4.90 Å². The third-order valence-electron chi connectivity index (χ3n) is 8.49. The van der Waals surface area contributed by atoms with Crippen LogP contribution in [0, 0.1) is 6.92 Å². The summed E-state index contributed by atoms with van der Waals surface area (Å²) in [5.74, 6) is -0.609. The Morgan fingerprint density at radius 3 is 2.51 bits per heavy atom. The van der Waals surface area contributed by atoms with Crippen molar-refractivity contribution >= 4 is 29.2 Å². The largest absolute Gasteiger partial charge is 0.352 e. The van der Waals surface area contributed by atoms with Crippen LogP contribution in [-0.4, -0.2) is 56.1 Å². The average molecular weight is 558 g/mol. The van der Waals surface area contributed by atoms with Crippen LogP contribution in [0.1, 0.15) is 75.1 Å². The molecule has 1 aliphatic carbocycles. The monoisotopic (exact) mass is 557 g/mol. The maximum atomic E-state index is 13.8. The molecule has 0 atom stereocenters. The first kappa shape index (κ1) is 28.3. The highest BCUT2D eigenvalue weighted by atomic mass is 16.2. The Kier molecular flexibility index (Phi) is 7.59. The Balaban J connectivity index is 1.41. The Bertz CT molecular complexity index is 1470. The summed E-state index contributed by atoms with van der Waals surface area (Å²) in [4.78, 5) is 45.7. The molecule has 0 radical (unpaired) electrons. The van der Waals surface area contributed by atoms with Gasteiger partial charge in [0.05, 0.1) is 17.4 Å². The summed E-state index contributed by atoms with van der Waals surface area (Å²) in [6.07, 6.45) is 8.49. The van der Waals surface area contributed by atoms with E-state index in [-0.39, 0.29) is 23.0 Å². The SMILES string of the molecule is CCc1ccc(-c2cc(NC(=O)Nc3cn(C4(C)CCCC4)nc3C(=O)N3CCNC(=O)C3(C)C)ccc2C)cn1. The summed E-state index contributed by atoms with van der Waals surface area (Å²) in [6.45, 7) is 10.4. The Hall–Kier alpha value is -4.21. The zero-order chi connectivity index (χ0) is 29.4. The lowest BCUT2D eigenvalue weighted by molar-refractivity contribution is -0.133. The number of hydrogen-bond acceptors (Lipinski definition) is 5. The van der Waals surface area contributed by atoms with Gasteiger partial charge in [-0.15, -0.1) is 0 Å². The molecule has 0 spiro atoms. The van der Waals surface area contributed by atoms with Crippen LogP contribution >= 0.6 is 0 Å². The quantitative estimate of drug-likeness (QED) is 0.389. The minimum atomic E-state index is -1.04. The number of hydrogen-bond donors (Lipinski definition) is 3. The van der Waals surface area contributed by atoms with Crippen LogP contribution in [0.2, 0.25) is 0 Å². The van der Waals surface area contributed by atoms with E-state index in [2.05, 4.69) is 34.8 Å². The van der Waals surface area contributed by atoms with Gasteiger partial charge in [0.25, 0.3) is 5.91 Å².